The molecule has 4 fully saturated rings. The average molecular weight is 528 g/mol. The van der Waals surface area contributed by atoms with E-state index in [1.807, 2.05) is 6.92 Å². The third kappa shape index (κ3) is 2.40. The van der Waals surface area contributed by atoms with E-state index in [2.05, 4.69) is 31.9 Å². The van der Waals surface area contributed by atoms with Crippen LogP contribution in [0.4, 0.5) is 8.78 Å². The van der Waals surface area contributed by atoms with Gasteiger partial charge in [-0.15, -0.1) is 0 Å². The number of aliphatic hydroxyl groups is 1. The van der Waals surface area contributed by atoms with Crippen LogP contribution >= 0.6 is 31.9 Å². The molecule has 0 bridgehead atoms. The van der Waals surface area contributed by atoms with Gasteiger partial charge in [0.2, 0.25) is 0 Å². The predicted octanol–water partition coefficient (Wildman–Crippen LogP) is 4.06. The molecular weight excluding hydrogens is 502 g/mol. The van der Waals surface area contributed by atoms with Gasteiger partial charge in [-0.05, 0) is 43.4 Å². The minimum absolute atomic E-state index is 0.0503. The van der Waals surface area contributed by atoms with Crippen molar-refractivity contribution in [2.45, 2.75) is 73.6 Å². The summed E-state index contributed by atoms with van der Waals surface area (Å²) in [6, 6.07) is 0. The summed E-state index contributed by atoms with van der Waals surface area (Å²) in [5.74, 6) is -3.67. The minimum atomic E-state index is -2.06. The van der Waals surface area contributed by atoms with E-state index in [1.54, 1.807) is 6.92 Å². The van der Waals surface area contributed by atoms with Crippen LogP contribution in [0.15, 0.2) is 0 Å². The molecule has 4 aliphatic rings. The van der Waals surface area contributed by atoms with E-state index >= 15 is 8.78 Å². The quantitative estimate of drug-likeness (QED) is 0.504. The zero-order chi connectivity index (χ0) is 20.8. The fourth-order valence-electron chi connectivity index (χ4n) is 7.53. The molecule has 8 heteroatoms. The van der Waals surface area contributed by atoms with Crippen molar-refractivity contribution in [2.24, 2.45) is 34.5 Å². The number of aliphatic hydroxyl groups excluding tert-OH is 1. The summed E-state index contributed by atoms with van der Waals surface area (Å²) in [5, 5.41) is 20.8. The average Bonchev–Trinajstić information content (AvgIpc) is 2.92. The summed E-state index contributed by atoms with van der Waals surface area (Å²) in [6.07, 6.45) is -1.73. The Morgan fingerprint density at radius 2 is 1.82 bits per heavy atom. The molecule has 158 valence electrons. The third-order valence-electron chi connectivity index (χ3n) is 8.83. The summed E-state index contributed by atoms with van der Waals surface area (Å²) >= 11 is 6.66. The highest BCUT2D eigenvalue weighted by atomic mass is 79.9. The van der Waals surface area contributed by atoms with Crippen LogP contribution in [-0.4, -0.2) is 49.6 Å². The van der Waals surface area contributed by atoms with Crippen LogP contribution < -0.4 is 0 Å². The number of alkyl halides is 4. The fourth-order valence-corrected chi connectivity index (χ4v) is 10.1. The van der Waals surface area contributed by atoms with Crippen molar-refractivity contribution in [1.82, 2.24) is 0 Å². The Kier molecular flexibility index (Phi) is 4.88. The van der Waals surface area contributed by atoms with E-state index in [0.29, 0.717) is 12.8 Å². The van der Waals surface area contributed by atoms with Crippen molar-refractivity contribution in [3.05, 3.63) is 0 Å². The Bertz CT molecular complexity index is 722. The molecule has 0 spiro atoms. The highest BCUT2D eigenvalue weighted by molar-refractivity contribution is 9.10. The number of carbonyl (C=O) groups excluding carboxylic acids is 1. The van der Waals surface area contributed by atoms with Gasteiger partial charge in [-0.3, -0.25) is 9.59 Å². The first-order chi connectivity index (χ1) is 12.9. The van der Waals surface area contributed by atoms with E-state index in [9.17, 15) is 19.8 Å². The zero-order valence-electron chi connectivity index (χ0n) is 15.9. The van der Waals surface area contributed by atoms with Crippen LogP contribution in [0.2, 0.25) is 0 Å². The molecule has 0 aromatic carbocycles. The Balaban J connectivity index is 1.82. The number of aliphatic carboxylic acids is 1. The maximum atomic E-state index is 17.0. The standard InChI is InChI=1S/C20H26Br2F2O4/c1-18-7-13(25)20(24)10(8(18)3-4-9(18)17(27)28)5-12(23)14-15(22)16(26)11(21)6-19(14,20)2/h8-15,25H,3-7H2,1-2H3,(H,27,28)/t8?,9?,10?,11?,12-,13?,14?,15?,18?,19?,20-/m0/s1. The van der Waals surface area contributed by atoms with Crippen LogP contribution in [0.1, 0.15) is 46.0 Å². The minimum Gasteiger partial charge on any atom is -0.481 e. The first-order valence-corrected chi connectivity index (χ1v) is 11.8. The third-order valence-corrected chi connectivity index (χ3v) is 10.6. The topological polar surface area (TPSA) is 74.6 Å². The van der Waals surface area contributed by atoms with Crippen molar-refractivity contribution in [3.63, 3.8) is 0 Å². The SMILES string of the molecule is CC12CC(O)[C@@]3(F)C(C[C@H](F)C4C(Br)C(=O)C(Br)CC43C)C1CCC2C(=O)O. The lowest BCUT2D eigenvalue weighted by Crippen LogP contribution is -2.73. The molecule has 0 aromatic rings. The Morgan fingerprint density at radius 3 is 2.43 bits per heavy atom. The summed E-state index contributed by atoms with van der Waals surface area (Å²) < 4.78 is 32.5. The number of carbonyl (C=O) groups is 2. The van der Waals surface area contributed by atoms with Crippen molar-refractivity contribution in [3.8, 4) is 0 Å². The molecular formula is C20H26Br2F2O4. The van der Waals surface area contributed by atoms with Gasteiger partial charge in [0.05, 0.1) is 21.7 Å². The number of ketones is 1. The van der Waals surface area contributed by atoms with Gasteiger partial charge in [-0.25, -0.2) is 8.78 Å². The molecule has 0 aromatic heterocycles. The van der Waals surface area contributed by atoms with Gasteiger partial charge in [-0.1, -0.05) is 45.7 Å². The van der Waals surface area contributed by atoms with Crippen LogP contribution in [0, 0.1) is 34.5 Å². The number of halogens is 4. The molecule has 4 aliphatic carbocycles. The van der Waals surface area contributed by atoms with Gasteiger partial charge >= 0.3 is 5.97 Å². The van der Waals surface area contributed by atoms with Crippen LogP contribution in [-0.2, 0) is 9.59 Å². The monoisotopic (exact) mass is 526 g/mol. The molecule has 4 nitrogen and oxygen atoms in total. The second-order valence-corrected chi connectivity index (χ2v) is 11.9. The first kappa shape index (κ1) is 21.2. The van der Waals surface area contributed by atoms with E-state index < -0.39 is 62.2 Å². The van der Waals surface area contributed by atoms with Crippen molar-refractivity contribution in [1.29, 1.82) is 0 Å². The lowest BCUT2D eigenvalue weighted by molar-refractivity contribution is -0.254. The van der Waals surface area contributed by atoms with Crippen LogP contribution in [0.5, 0.6) is 0 Å². The summed E-state index contributed by atoms with van der Waals surface area (Å²) in [5.41, 5.74) is -4.04. The smallest absolute Gasteiger partial charge is 0.307 e. The molecule has 0 heterocycles. The van der Waals surface area contributed by atoms with Crippen molar-refractivity contribution in [2.75, 3.05) is 0 Å². The van der Waals surface area contributed by atoms with Crippen LogP contribution in [0.25, 0.3) is 0 Å². The Labute approximate surface area is 180 Å². The normalized spacial score (nSPS) is 58.6. The van der Waals surface area contributed by atoms with Crippen LogP contribution in [0.3, 0.4) is 0 Å². The summed E-state index contributed by atoms with van der Waals surface area (Å²) in [4.78, 5) is 22.8. The molecule has 0 amide bonds. The number of carboxylic acid groups (broad SMARTS) is 1. The molecule has 11 atom stereocenters. The van der Waals surface area contributed by atoms with E-state index in [-0.39, 0.29) is 31.0 Å². The molecule has 4 saturated carbocycles. The van der Waals surface area contributed by atoms with Gasteiger partial charge in [0.25, 0.3) is 0 Å². The fraction of sp³-hybridized carbons (Fsp3) is 0.900. The van der Waals surface area contributed by atoms with E-state index in [1.165, 1.54) is 0 Å². The van der Waals surface area contributed by atoms with Gasteiger partial charge in [0.1, 0.15) is 11.8 Å². The lowest BCUT2D eigenvalue weighted by Gasteiger charge is -2.66. The summed E-state index contributed by atoms with van der Waals surface area (Å²) in [7, 11) is 0. The number of rotatable bonds is 1. The van der Waals surface area contributed by atoms with Crippen molar-refractivity contribution >= 4 is 43.6 Å². The van der Waals surface area contributed by atoms with Crippen molar-refractivity contribution < 1.29 is 28.6 Å². The lowest BCUT2D eigenvalue weighted by atomic mass is 9.42. The molecule has 2 N–H and O–H groups in total. The molecule has 9 unspecified atom stereocenters. The number of hydrogen-bond donors (Lipinski definition) is 2. The molecule has 0 aliphatic heterocycles. The largest absolute Gasteiger partial charge is 0.481 e. The van der Waals surface area contributed by atoms with Gasteiger partial charge in [0.15, 0.2) is 5.78 Å². The van der Waals surface area contributed by atoms with Gasteiger partial charge < -0.3 is 10.2 Å². The number of Topliss-reactive ketones (excluding diaryl/α,β-unsaturated/α-hetero) is 1. The number of hydrogen-bond acceptors (Lipinski definition) is 3. The molecule has 28 heavy (non-hydrogen) atoms. The Morgan fingerprint density at radius 1 is 1.18 bits per heavy atom. The van der Waals surface area contributed by atoms with E-state index in [4.69, 9.17) is 0 Å². The maximum absolute atomic E-state index is 17.0. The Hall–Kier alpha value is -0.0800. The van der Waals surface area contributed by atoms with Gasteiger partial charge in [-0.2, -0.15) is 0 Å². The highest BCUT2D eigenvalue weighted by Gasteiger charge is 2.75. The molecule has 0 radical (unpaired) electrons. The highest BCUT2D eigenvalue weighted by Crippen LogP contribution is 2.71. The maximum Gasteiger partial charge on any atom is 0.307 e. The summed E-state index contributed by atoms with van der Waals surface area (Å²) in [6.45, 7) is 3.49. The number of fused-ring (bicyclic) bond motifs is 5. The first-order valence-electron chi connectivity index (χ1n) is 9.95. The molecule has 0 saturated heterocycles. The second-order valence-electron chi connectivity index (χ2n) is 9.85. The zero-order valence-corrected chi connectivity index (χ0v) is 19.0. The predicted molar refractivity (Wildman–Crippen MR) is 106 cm³/mol. The molecule has 4 rings (SSSR count). The van der Waals surface area contributed by atoms with Gasteiger partial charge in [0, 0.05) is 17.3 Å². The second kappa shape index (κ2) is 6.46. The van der Waals surface area contributed by atoms with E-state index in [0.717, 1.165) is 0 Å². The number of carboxylic acids is 1.